The molecule has 0 radical (unpaired) electrons. The van der Waals surface area contributed by atoms with Crippen LogP contribution in [-0.2, 0) is 4.74 Å². The van der Waals surface area contributed by atoms with Crippen molar-refractivity contribution < 1.29 is 9.53 Å². The van der Waals surface area contributed by atoms with Crippen molar-refractivity contribution in [2.45, 2.75) is 33.6 Å². The van der Waals surface area contributed by atoms with Crippen molar-refractivity contribution in [3.05, 3.63) is 23.5 Å². The number of ether oxygens (including phenoxy) is 1. The van der Waals surface area contributed by atoms with Gasteiger partial charge in [0.15, 0.2) is 0 Å². The second kappa shape index (κ2) is 6.24. The molecular weight excluding hydrogens is 178 g/mol. The van der Waals surface area contributed by atoms with Gasteiger partial charge in [-0.1, -0.05) is 27.7 Å². The first-order valence-corrected chi connectivity index (χ1v) is 4.91. The van der Waals surface area contributed by atoms with Crippen LogP contribution >= 0.6 is 0 Å². The van der Waals surface area contributed by atoms with E-state index in [-0.39, 0.29) is 5.97 Å². The van der Waals surface area contributed by atoms with E-state index in [0.717, 1.165) is 5.56 Å². The SMILES string of the molecule is CC.COC(=O)c1cc(C(C)C)c[nH]1. The zero-order valence-corrected chi connectivity index (χ0v) is 9.55. The number of nitrogens with one attached hydrogen (secondary N) is 1. The molecule has 3 heteroatoms. The molecule has 0 atom stereocenters. The summed E-state index contributed by atoms with van der Waals surface area (Å²) in [4.78, 5) is 13.9. The van der Waals surface area contributed by atoms with Crippen molar-refractivity contribution in [2.24, 2.45) is 0 Å². The molecule has 1 heterocycles. The predicted octanol–water partition coefficient (Wildman–Crippen LogP) is 2.95. The van der Waals surface area contributed by atoms with Crippen LogP contribution in [0.1, 0.15) is 49.7 Å². The number of methoxy groups -OCH3 is 1. The third kappa shape index (κ3) is 3.24. The first kappa shape index (κ1) is 12.8. The van der Waals surface area contributed by atoms with E-state index in [1.165, 1.54) is 7.11 Å². The average molecular weight is 197 g/mol. The number of hydrogen-bond acceptors (Lipinski definition) is 2. The van der Waals surface area contributed by atoms with Gasteiger partial charge in [0.2, 0.25) is 0 Å². The lowest BCUT2D eigenvalue weighted by Gasteiger charge is -1.97. The van der Waals surface area contributed by atoms with Gasteiger partial charge in [-0.2, -0.15) is 0 Å². The summed E-state index contributed by atoms with van der Waals surface area (Å²) in [5.74, 6) is 0.113. The predicted molar refractivity (Wildman–Crippen MR) is 57.6 cm³/mol. The third-order valence-corrected chi connectivity index (χ3v) is 1.78. The number of carbonyl (C=O) groups is 1. The van der Waals surface area contributed by atoms with Crippen LogP contribution in [-0.4, -0.2) is 18.1 Å². The molecule has 14 heavy (non-hydrogen) atoms. The summed E-state index contributed by atoms with van der Waals surface area (Å²) in [5.41, 5.74) is 1.64. The van der Waals surface area contributed by atoms with Crippen LogP contribution in [0.4, 0.5) is 0 Å². The van der Waals surface area contributed by atoms with Crippen molar-refractivity contribution >= 4 is 5.97 Å². The fourth-order valence-corrected chi connectivity index (χ4v) is 0.972. The van der Waals surface area contributed by atoms with E-state index in [2.05, 4.69) is 23.6 Å². The molecule has 1 N–H and O–H groups in total. The van der Waals surface area contributed by atoms with Gasteiger partial charge in [0.1, 0.15) is 5.69 Å². The molecule has 0 saturated carbocycles. The molecule has 0 aliphatic rings. The first-order valence-electron chi connectivity index (χ1n) is 4.91. The van der Waals surface area contributed by atoms with E-state index >= 15 is 0 Å². The van der Waals surface area contributed by atoms with Crippen molar-refractivity contribution in [3.8, 4) is 0 Å². The highest BCUT2D eigenvalue weighted by Gasteiger charge is 2.09. The lowest BCUT2D eigenvalue weighted by Crippen LogP contribution is -2.00. The van der Waals surface area contributed by atoms with Gasteiger partial charge in [0.25, 0.3) is 0 Å². The molecule has 80 valence electrons. The summed E-state index contributed by atoms with van der Waals surface area (Å²) in [5, 5.41) is 0. The lowest BCUT2D eigenvalue weighted by molar-refractivity contribution is 0.0595. The Hall–Kier alpha value is -1.25. The highest BCUT2D eigenvalue weighted by atomic mass is 16.5. The number of hydrogen-bond donors (Lipinski definition) is 1. The van der Waals surface area contributed by atoms with Crippen molar-refractivity contribution in [2.75, 3.05) is 7.11 Å². The van der Waals surface area contributed by atoms with E-state index in [9.17, 15) is 4.79 Å². The minimum atomic E-state index is -0.318. The maximum Gasteiger partial charge on any atom is 0.354 e. The topological polar surface area (TPSA) is 42.1 Å². The smallest absolute Gasteiger partial charge is 0.354 e. The number of H-pyrrole nitrogens is 1. The van der Waals surface area contributed by atoms with Gasteiger partial charge in [0.05, 0.1) is 7.11 Å². The molecule has 0 amide bonds. The Labute approximate surface area is 85.5 Å². The first-order chi connectivity index (χ1) is 6.65. The van der Waals surface area contributed by atoms with Crippen LogP contribution in [0.3, 0.4) is 0 Å². The summed E-state index contributed by atoms with van der Waals surface area (Å²) in [7, 11) is 1.37. The molecule has 0 spiro atoms. The van der Waals surface area contributed by atoms with Crippen LogP contribution in [0.15, 0.2) is 12.3 Å². The molecule has 1 rings (SSSR count). The van der Waals surface area contributed by atoms with Gasteiger partial charge >= 0.3 is 5.97 Å². The number of rotatable bonds is 2. The number of esters is 1. The Bertz CT molecular complexity index is 277. The minimum absolute atomic E-state index is 0.318. The minimum Gasteiger partial charge on any atom is -0.464 e. The van der Waals surface area contributed by atoms with Crippen molar-refractivity contribution in [3.63, 3.8) is 0 Å². The molecule has 0 fully saturated rings. The Balaban J connectivity index is 0.000000791. The van der Waals surface area contributed by atoms with Crippen LogP contribution in [0.5, 0.6) is 0 Å². The molecule has 0 aromatic carbocycles. The lowest BCUT2D eigenvalue weighted by atomic mass is 10.1. The molecule has 3 nitrogen and oxygen atoms in total. The van der Waals surface area contributed by atoms with Gasteiger partial charge in [-0.3, -0.25) is 0 Å². The number of carbonyl (C=O) groups excluding carboxylic acids is 1. The van der Waals surface area contributed by atoms with E-state index in [0.29, 0.717) is 11.6 Å². The molecule has 0 bridgehead atoms. The highest BCUT2D eigenvalue weighted by Crippen LogP contribution is 2.15. The van der Waals surface area contributed by atoms with Crippen molar-refractivity contribution in [1.29, 1.82) is 0 Å². The van der Waals surface area contributed by atoms with E-state index in [1.54, 1.807) is 0 Å². The molecule has 0 aliphatic carbocycles. The monoisotopic (exact) mass is 197 g/mol. The van der Waals surface area contributed by atoms with Crippen LogP contribution in [0, 0.1) is 0 Å². The van der Waals surface area contributed by atoms with Crippen LogP contribution in [0.25, 0.3) is 0 Å². The van der Waals surface area contributed by atoms with Gasteiger partial charge < -0.3 is 9.72 Å². The molecule has 1 aromatic rings. The third-order valence-electron chi connectivity index (χ3n) is 1.78. The second-order valence-corrected chi connectivity index (χ2v) is 2.99. The van der Waals surface area contributed by atoms with E-state index in [1.807, 2.05) is 26.1 Å². The van der Waals surface area contributed by atoms with E-state index < -0.39 is 0 Å². The van der Waals surface area contributed by atoms with Gasteiger partial charge in [-0.15, -0.1) is 0 Å². The Morgan fingerprint density at radius 2 is 2.00 bits per heavy atom. The maximum atomic E-state index is 11.0. The fraction of sp³-hybridized carbons (Fsp3) is 0.545. The molecule has 0 saturated heterocycles. The summed E-state index contributed by atoms with van der Waals surface area (Å²) in [6.45, 7) is 8.15. The van der Waals surface area contributed by atoms with Gasteiger partial charge in [-0.05, 0) is 17.5 Å². The largest absolute Gasteiger partial charge is 0.464 e. The second-order valence-electron chi connectivity index (χ2n) is 2.99. The zero-order valence-electron chi connectivity index (χ0n) is 9.55. The molecule has 0 aliphatic heterocycles. The maximum absolute atomic E-state index is 11.0. The van der Waals surface area contributed by atoms with Gasteiger partial charge in [0, 0.05) is 6.20 Å². The average Bonchev–Trinajstić information content (AvgIpc) is 2.68. The summed E-state index contributed by atoms with van der Waals surface area (Å²) >= 11 is 0. The van der Waals surface area contributed by atoms with Crippen molar-refractivity contribution in [1.82, 2.24) is 4.98 Å². The summed E-state index contributed by atoms with van der Waals surface area (Å²) < 4.78 is 4.56. The molecule has 0 unspecified atom stereocenters. The number of aromatic amines is 1. The highest BCUT2D eigenvalue weighted by molar-refractivity contribution is 5.87. The normalized spacial score (nSPS) is 9.29. The molecular formula is C11H19NO2. The van der Waals surface area contributed by atoms with Crippen LogP contribution in [0.2, 0.25) is 0 Å². The van der Waals surface area contributed by atoms with E-state index in [4.69, 9.17) is 0 Å². The Morgan fingerprint density at radius 1 is 1.43 bits per heavy atom. The summed E-state index contributed by atoms with van der Waals surface area (Å²) in [6.07, 6.45) is 1.83. The summed E-state index contributed by atoms with van der Waals surface area (Å²) in [6, 6.07) is 1.82. The standard InChI is InChI=1S/C9H13NO2.C2H6/c1-6(2)7-4-8(10-5-7)9(11)12-3;1-2/h4-6,10H,1-3H3;1-2H3. The van der Waals surface area contributed by atoms with Gasteiger partial charge in [-0.25, -0.2) is 4.79 Å². The molecule has 1 aromatic heterocycles. The Kier molecular flexibility index (Phi) is 5.68. The Morgan fingerprint density at radius 3 is 2.36 bits per heavy atom. The number of aromatic nitrogens is 1. The fourth-order valence-electron chi connectivity index (χ4n) is 0.972. The quantitative estimate of drug-likeness (QED) is 0.740. The zero-order chi connectivity index (χ0) is 11.1. The van der Waals surface area contributed by atoms with Crippen LogP contribution < -0.4 is 0 Å².